The molecule has 4 aromatic rings. The van der Waals surface area contributed by atoms with Gasteiger partial charge in [0.1, 0.15) is 0 Å². The van der Waals surface area contributed by atoms with Gasteiger partial charge in [-0.2, -0.15) is 0 Å². The van der Waals surface area contributed by atoms with Crippen LogP contribution >= 0.6 is 11.3 Å². The van der Waals surface area contributed by atoms with E-state index in [1.807, 2.05) is 48.0 Å². The number of nitrogens with one attached hydrogen (secondary N) is 2. The number of aromatic amines is 1. The molecule has 1 aliphatic heterocycles. The zero-order chi connectivity index (χ0) is 20.0. The fourth-order valence-corrected chi connectivity index (χ4v) is 4.33. The number of carbonyl (C=O) groups excluding carboxylic acids is 2. The summed E-state index contributed by atoms with van der Waals surface area (Å²) in [5, 5.41) is 6.25. The summed E-state index contributed by atoms with van der Waals surface area (Å²) in [5.41, 5.74) is 2.81. The number of anilines is 1. The first kappa shape index (κ1) is 17.6. The molecule has 5 rings (SSSR count). The molecular formula is C22H17N3O3S. The van der Waals surface area contributed by atoms with Crippen LogP contribution in [0.15, 0.2) is 60.1 Å². The second kappa shape index (κ2) is 6.56. The Balaban J connectivity index is 1.39. The van der Waals surface area contributed by atoms with Gasteiger partial charge in [0.25, 0.3) is 5.91 Å². The third-order valence-corrected chi connectivity index (χ3v) is 5.91. The quantitative estimate of drug-likeness (QED) is 0.497. The van der Waals surface area contributed by atoms with Gasteiger partial charge in [0, 0.05) is 34.5 Å². The molecule has 144 valence electrons. The predicted molar refractivity (Wildman–Crippen MR) is 112 cm³/mol. The first-order valence-corrected chi connectivity index (χ1v) is 10.1. The molecule has 3 heterocycles. The lowest BCUT2D eigenvalue weighted by Gasteiger charge is -2.32. The van der Waals surface area contributed by atoms with E-state index < -0.39 is 11.6 Å². The molecule has 0 fully saturated rings. The highest BCUT2D eigenvalue weighted by molar-refractivity contribution is 7.14. The minimum Gasteiger partial charge on any atom is -0.445 e. The largest absolute Gasteiger partial charge is 0.445 e. The van der Waals surface area contributed by atoms with E-state index in [0.717, 1.165) is 27.7 Å². The van der Waals surface area contributed by atoms with E-state index >= 15 is 0 Å². The number of cyclic esters (lactones) is 1. The minimum atomic E-state index is -1.28. The van der Waals surface area contributed by atoms with Gasteiger partial charge in [0.05, 0.1) is 11.3 Å². The summed E-state index contributed by atoms with van der Waals surface area (Å²) in [4.78, 5) is 33.0. The summed E-state index contributed by atoms with van der Waals surface area (Å²) in [6.45, 7) is 1.63. The van der Waals surface area contributed by atoms with Crippen molar-refractivity contribution in [3.63, 3.8) is 0 Å². The van der Waals surface area contributed by atoms with Crippen molar-refractivity contribution in [2.45, 2.75) is 18.9 Å². The molecule has 1 atom stereocenters. The third-order valence-electron chi connectivity index (χ3n) is 5.15. The van der Waals surface area contributed by atoms with Gasteiger partial charge in [-0.15, -0.1) is 11.3 Å². The first-order chi connectivity index (χ1) is 14.0. The van der Waals surface area contributed by atoms with Gasteiger partial charge < -0.3 is 9.72 Å². The van der Waals surface area contributed by atoms with Crippen LogP contribution in [0.25, 0.3) is 22.2 Å². The summed E-state index contributed by atoms with van der Waals surface area (Å²) >= 11 is 1.34. The van der Waals surface area contributed by atoms with Gasteiger partial charge >= 0.3 is 5.97 Å². The maximum atomic E-state index is 12.9. The van der Waals surface area contributed by atoms with E-state index in [-0.39, 0.29) is 5.91 Å². The summed E-state index contributed by atoms with van der Waals surface area (Å²) < 4.78 is 5.49. The van der Waals surface area contributed by atoms with Gasteiger partial charge in [0.2, 0.25) is 0 Å². The minimum absolute atomic E-state index is 0.321. The van der Waals surface area contributed by atoms with E-state index in [2.05, 4.69) is 15.3 Å². The Kier molecular flexibility index (Phi) is 3.99. The zero-order valence-electron chi connectivity index (χ0n) is 15.6. The second-order valence-corrected chi connectivity index (χ2v) is 8.05. The molecule has 2 aromatic heterocycles. The number of carbonyl (C=O) groups is 2. The summed E-state index contributed by atoms with van der Waals surface area (Å²) in [6, 6.07) is 15.2. The molecule has 1 aliphatic rings. The fourth-order valence-electron chi connectivity index (χ4n) is 3.63. The number of para-hydroxylation sites is 1. The number of rotatable bonds is 3. The number of nitrogens with zero attached hydrogens (tertiary/aromatic N) is 1. The maximum Gasteiger partial charge on any atom is 0.339 e. The molecule has 0 saturated heterocycles. The molecule has 0 saturated carbocycles. The number of ether oxygens (including phenoxy) is 1. The standard InChI is InChI=1S/C22H17N3O3S/c1-22(10-13-6-2-3-7-14(13)19(26)28-22)20(27)25-21-24-18(12-29-21)16-11-23-17-9-5-4-8-15(16)17/h2-9,11-12,23H,10H2,1H3,(H,24,25,27)/t22-/m0/s1. The number of fused-ring (bicyclic) bond motifs is 2. The Morgan fingerprint density at radius 1 is 1.17 bits per heavy atom. The highest BCUT2D eigenvalue weighted by Gasteiger charge is 2.42. The molecular weight excluding hydrogens is 386 g/mol. The fraction of sp³-hybridized carbons (Fsp3) is 0.136. The second-order valence-electron chi connectivity index (χ2n) is 7.19. The van der Waals surface area contributed by atoms with Gasteiger partial charge in [-0.25, -0.2) is 9.78 Å². The average molecular weight is 403 g/mol. The molecule has 2 aromatic carbocycles. The topological polar surface area (TPSA) is 84.1 Å². The number of thiazole rings is 1. The lowest BCUT2D eigenvalue weighted by Crippen LogP contribution is -2.48. The maximum absolute atomic E-state index is 12.9. The van der Waals surface area contributed by atoms with Crippen LogP contribution < -0.4 is 5.32 Å². The van der Waals surface area contributed by atoms with Crippen LogP contribution in [0, 0.1) is 0 Å². The number of esters is 1. The van der Waals surface area contributed by atoms with Crippen molar-refractivity contribution in [1.29, 1.82) is 0 Å². The highest BCUT2D eigenvalue weighted by atomic mass is 32.1. The third kappa shape index (κ3) is 3.00. The van der Waals surface area contributed by atoms with Gasteiger partial charge in [-0.1, -0.05) is 36.4 Å². The summed E-state index contributed by atoms with van der Waals surface area (Å²) in [7, 11) is 0. The Labute approximate surface area is 170 Å². The van der Waals surface area contributed by atoms with Crippen molar-refractivity contribution in [3.05, 3.63) is 71.2 Å². The average Bonchev–Trinajstić information content (AvgIpc) is 3.34. The van der Waals surface area contributed by atoms with Crippen LogP contribution in [-0.2, 0) is 16.0 Å². The van der Waals surface area contributed by atoms with Crippen molar-refractivity contribution in [1.82, 2.24) is 9.97 Å². The van der Waals surface area contributed by atoms with Crippen molar-refractivity contribution in [2.24, 2.45) is 0 Å². The van der Waals surface area contributed by atoms with Gasteiger partial charge in [-0.05, 0) is 24.6 Å². The van der Waals surface area contributed by atoms with E-state index in [0.29, 0.717) is 17.1 Å². The molecule has 0 spiro atoms. The molecule has 1 amide bonds. The van der Waals surface area contributed by atoms with Gasteiger partial charge in [-0.3, -0.25) is 10.1 Å². The number of H-pyrrole nitrogens is 1. The van der Waals surface area contributed by atoms with Crippen LogP contribution in [0.4, 0.5) is 5.13 Å². The number of aromatic nitrogens is 2. The molecule has 6 nitrogen and oxygen atoms in total. The number of amides is 1. The van der Waals surface area contributed by atoms with Crippen molar-refractivity contribution in [3.8, 4) is 11.3 Å². The molecule has 2 N–H and O–H groups in total. The zero-order valence-corrected chi connectivity index (χ0v) is 16.4. The van der Waals surface area contributed by atoms with Crippen LogP contribution in [0.3, 0.4) is 0 Å². The van der Waals surface area contributed by atoms with E-state index in [9.17, 15) is 9.59 Å². The Bertz CT molecular complexity index is 1260. The van der Waals surface area contributed by atoms with E-state index in [1.54, 1.807) is 19.1 Å². The molecule has 7 heteroatoms. The normalized spacial score (nSPS) is 18.3. The summed E-state index contributed by atoms with van der Waals surface area (Å²) in [6.07, 6.45) is 2.23. The Morgan fingerprint density at radius 2 is 1.97 bits per heavy atom. The first-order valence-electron chi connectivity index (χ1n) is 9.18. The van der Waals surface area contributed by atoms with Crippen molar-refractivity contribution < 1.29 is 14.3 Å². The molecule has 0 aliphatic carbocycles. The predicted octanol–water partition coefficient (Wildman–Crippen LogP) is 4.40. The molecule has 29 heavy (non-hydrogen) atoms. The molecule has 0 bridgehead atoms. The lowest BCUT2D eigenvalue weighted by molar-refractivity contribution is -0.134. The molecule has 0 radical (unpaired) electrons. The van der Waals surface area contributed by atoms with E-state index in [4.69, 9.17) is 4.74 Å². The van der Waals surface area contributed by atoms with Crippen molar-refractivity contribution in [2.75, 3.05) is 5.32 Å². The SMILES string of the molecule is C[C@@]1(C(=O)Nc2nc(-c3c[nH]c4ccccc34)cs2)Cc2ccccc2C(=O)O1. The lowest BCUT2D eigenvalue weighted by atomic mass is 9.89. The highest BCUT2D eigenvalue weighted by Crippen LogP contribution is 2.33. The smallest absolute Gasteiger partial charge is 0.339 e. The summed E-state index contributed by atoms with van der Waals surface area (Å²) in [5.74, 6) is -0.872. The Hall–Kier alpha value is -3.45. The Morgan fingerprint density at radius 3 is 2.86 bits per heavy atom. The van der Waals surface area contributed by atoms with Crippen LogP contribution in [0.5, 0.6) is 0 Å². The monoisotopic (exact) mass is 403 g/mol. The molecule has 0 unspecified atom stereocenters. The van der Waals surface area contributed by atoms with Crippen molar-refractivity contribution >= 4 is 39.2 Å². The van der Waals surface area contributed by atoms with Crippen LogP contribution in [-0.4, -0.2) is 27.4 Å². The number of hydrogen-bond donors (Lipinski definition) is 2. The van der Waals surface area contributed by atoms with E-state index in [1.165, 1.54) is 11.3 Å². The van der Waals surface area contributed by atoms with Crippen LogP contribution in [0.2, 0.25) is 0 Å². The van der Waals surface area contributed by atoms with Gasteiger partial charge in [0.15, 0.2) is 10.7 Å². The number of benzene rings is 2. The van der Waals surface area contributed by atoms with Crippen LogP contribution in [0.1, 0.15) is 22.8 Å². The number of hydrogen-bond acceptors (Lipinski definition) is 5.